The molecule has 8 nitrogen and oxygen atoms in total. The lowest BCUT2D eigenvalue weighted by Crippen LogP contribution is -2.39. The Balaban J connectivity index is 2.34. The normalized spacial score (nSPS) is 11.6. The van der Waals surface area contributed by atoms with Crippen LogP contribution in [0.5, 0.6) is 0 Å². The van der Waals surface area contributed by atoms with E-state index in [9.17, 15) is 9.59 Å². The quantitative estimate of drug-likeness (QED) is 0.287. The van der Waals surface area contributed by atoms with Gasteiger partial charge in [-0.15, -0.1) is 0 Å². The van der Waals surface area contributed by atoms with E-state index in [2.05, 4.69) is 26.3 Å². The SMILES string of the molecule is CCCNC(=O)c1cccc(CNC(=NC)NCCCNC(=O)OC(C)(C)C)c1. The Hall–Kier alpha value is -2.77. The van der Waals surface area contributed by atoms with Crippen molar-refractivity contribution in [3.63, 3.8) is 0 Å². The maximum absolute atomic E-state index is 12.1. The molecular weight excluding hydrogens is 370 g/mol. The molecule has 1 rings (SSSR count). The standard InChI is InChI=1S/C21H35N5O3/c1-6-11-23-18(27)17-10-7-9-16(14-17)15-26-19(22-5)24-12-8-13-25-20(28)29-21(2,3)4/h7,9-10,14H,6,8,11-13,15H2,1-5H3,(H,23,27)(H,25,28)(H2,22,24,26). The van der Waals surface area contributed by atoms with Crippen LogP contribution in [-0.2, 0) is 11.3 Å². The van der Waals surface area contributed by atoms with Gasteiger partial charge in [0.2, 0.25) is 0 Å². The van der Waals surface area contributed by atoms with Crippen molar-refractivity contribution in [3.05, 3.63) is 35.4 Å². The van der Waals surface area contributed by atoms with E-state index in [0.29, 0.717) is 37.7 Å². The number of nitrogens with one attached hydrogen (secondary N) is 4. The van der Waals surface area contributed by atoms with Gasteiger partial charge < -0.3 is 26.0 Å². The highest BCUT2D eigenvalue weighted by atomic mass is 16.6. The molecule has 0 fully saturated rings. The van der Waals surface area contributed by atoms with Gasteiger partial charge in [-0.3, -0.25) is 9.79 Å². The van der Waals surface area contributed by atoms with Crippen molar-refractivity contribution in [1.82, 2.24) is 21.3 Å². The number of alkyl carbamates (subject to hydrolysis) is 1. The molecule has 0 bridgehead atoms. The molecule has 1 aromatic rings. The van der Waals surface area contributed by atoms with Crippen molar-refractivity contribution in [2.45, 2.75) is 52.7 Å². The van der Waals surface area contributed by atoms with Crippen LogP contribution >= 0.6 is 0 Å². The van der Waals surface area contributed by atoms with Gasteiger partial charge in [0.25, 0.3) is 5.91 Å². The highest BCUT2D eigenvalue weighted by Crippen LogP contribution is 2.06. The van der Waals surface area contributed by atoms with E-state index < -0.39 is 11.7 Å². The Kier molecular flexibility index (Phi) is 10.6. The van der Waals surface area contributed by atoms with Crippen molar-refractivity contribution >= 4 is 18.0 Å². The second-order valence-electron chi connectivity index (χ2n) is 7.59. The minimum atomic E-state index is -0.498. The number of carbonyl (C=O) groups is 2. The molecule has 29 heavy (non-hydrogen) atoms. The van der Waals surface area contributed by atoms with Crippen molar-refractivity contribution in [2.75, 3.05) is 26.7 Å². The zero-order valence-electron chi connectivity index (χ0n) is 18.2. The molecular formula is C21H35N5O3. The molecule has 0 aliphatic heterocycles. The molecule has 0 aliphatic rings. The third kappa shape index (κ3) is 11.0. The Morgan fingerprint density at radius 2 is 1.76 bits per heavy atom. The molecule has 0 radical (unpaired) electrons. The number of ether oxygens (including phenoxy) is 1. The number of benzene rings is 1. The average Bonchev–Trinajstić information content (AvgIpc) is 2.67. The molecule has 0 atom stereocenters. The average molecular weight is 406 g/mol. The summed E-state index contributed by atoms with van der Waals surface area (Å²) in [7, 11) is 1.70. The molecule has 2 amide bonds. The summed E-state index contributed by atoms with van der Waals surface area (Å²) in [6.07, 6.45) is 1.22. The van der Waals surface area contributed by atoms with E-state index in [-0.39, 0.29) is 5.91 Å². The zero-order valence-corrected chi connectivity index (χ0v) is 18.2. The van der Waals surface area contributed by atoms with Crippen LogP contribution < -0.4 is 21.3 Å². The lowest BCUT2D eigenvalue weighted by molar-refractivity contribution is 0.0527. The summed E-state index contributed by atoms with van der Waals surface area (Å²) in [5.41, 5.74) is 1.14. The first-order chi connectivity index (χ1) is 13.7. The van der Waals surface area contributed by atoms with Crippen LogP contribution in [0.25, 0.3) is 0 Å². The van der Waals surface area contributed by atoms with Crippen LogP contribution in [0.3, 0.4) is 0 Å². The lowest BCUT2D eigenvalue weighted by Gasteiger charge is -2.19. The highest BCUT2D eigenvalue weighted by Gasteiger charge is 2.15. The third-order valence-corrected chi connectivity index (χ3v) is 3.72. The van der Waals surface area contributed by atoms with Crippen molar-refractivity contribution in [2.24, 2.45) is 4.99 Å². The largest absolute Gasteiger partial charge is 0.444 e. The fraction of sp³-hybridized carbons (Fsp3) is 0.571. The van der Waals surface area contributed by atoms with Gasteiger partial charge in [-0.25, -0.2) is 4.79 Å². The van der Waals surface area contributed by atoms with Crippen LogP contribution in [0.4, 0.5) is 4.79 Å². The molecule has 0 spiro atoms. The van der Waals surface area contributed by atoms with Gasteiger partial charge in [-0.2, -0.15) is 0 Å². The summed E-state index contributed by atoms with van der Waals surface area (Å²) in [5.74, 6) is 0.594. The van der Waals surface area contributed by atoms with E-state index in [4.69, 9.17) is 4.74 Å². The summed E-state index contributed by atoms with van der Waals surface area (Å²) in [6.45, 7) is 9.88. The Labute approximate surface area is 173 Å². The van der Waals surface area contributed by atoms with Gasteiger partial charge >= 0.3 is 6.09 Å². The maximum Gasteiger partial charge on any atom is 0.407 e. The summed E-state index contributed by atoms with van der Waals surface area (Å²) in [4.78, 5) is 27.8. The molecule has 0 aliphatic carbocycles. The van der Waals surface area contributed by atoms with Crippen molar-refractivity contribution in [3.8, 4) is 0 Å². The topological polar surface area (TPSA) is 104 Å². The number of aliphatic imine (C=N–C) groups is 1. The van der Waals surface area contributed by atoms with Gasteiger partial charge in [0.15, 0.2) is 5.96 Å². The molecule has 4 N–H and O–H groups in total. The molecule has 8 heteroatoms. The number of nitrogens with zero attached hydrogens (tertiary/aromatic N) is 1. The van der Waals surface area contributed by atoms with Crippen LogP contribution in [0.1, 0.15) is 56.5 Å². The van der Waals surface area contributed by atoms with Crippen LogP contribution in [0, 0.1) is 0 Å². The molecule has 0 unspecified atom stereocenters. The molecule has 162 valence electrons. The minimum Gasteiger partial charge on any atom is -0.444 e. The second-order valence-corrected chi connectivity index (χ2v) is 7.59. The van der Waals surface area contributed by atoms with Gasteiger partial charge in [-0.05, 0) is 51.3 Å². The molecule has 0 heterocycles. The first-order valence-electron chi connectivity index (χ1n) is 10.0. The van der Waals surface area contributed by atoms with Crippen LogP contribution in [-0.4, -0.2) is 50.2 Å². The number of hydrogen-bond donors (Lipinski definition) is 4. The molecule has 1 aromatic carbocycles. The van der Waals surface area contributed by atoms with Gasteiger partial charge in [-0.1, -0.05) is 19.1 Å². The third-order valence-electron chi connectivity index (χ3n) is 3.72. The highest BCUT2D eigenvalue weighted by molar-refractivity contribution is 5.94. The van der Waals surface area contributed by atoms with E-state index in [1.165, 1.54) is 0 Å². The predicted molar refractivity (Wildman–Crippen MR) is 116 cm³/mol. The predicted octanol–water partition coefficient (Wildman–Crippen LogP) is 2.41. The number of hydrogen-bond acceptors (Lipinski definition) is 4. The number of guanidine groups is 1. The summed E-state index contributed by atoms with van der Waals surface area (Å²) < 4.78 is 5.19. The molecule has 0 aromatic heterocycles. The molecule has 0 saturated heterocycles. The fourth-order valence-corrected chi connectivity index (χ4v) is 2.37. The fourth-order valence-electron chi connectivity index (χ4n) is 2.37. The first kappa shape index (κ1) is 24.3. The van der Waals surface area contributed by atoms with E-state index in [0.717, 1.165) is 18.4 Å². The monoisotopic (exact) mass is 405 g/mol. The second kappa shape index (κ2) is 12.6. The first-order valence-corrected chi connectivity index (χ1v) is 10.0. The van der Waals surface area contributed by atoms with Gasteiger partial charge in [0.05, 0.1) is 0 Å². The van der Waals surface area contributed by atoms with Gasteiger partial charge in [0.1, 0.15) is 5.60 Å². The van der Waals surface area contributed by atoms with Crippen molar-refractivity contribution in [1.29, 1.82) is 0 Å². The summed E-state index contributed by atoms with van der Waals surface area (Å²) in [5, 5.41) is 12.0. The Morgan fingerprint density at radius 1 is 1.03 bits per heavy atom. The smallest absolute Gasteiger partial charge is 0.407 e. The van der Waals surface area contributed by atoms with E-state index in [1.807, 2.05) is 45.9 Å². The van der Waals surface area contributed by atoms with Crippen LogP contribution in [0.15, 0.2) is 29.3 Å². The van der Waals surface area contributed by atoms with E-state index in [1.54, 1.807) is 13.1 Å². The van der Waals surface area contributed by atoms with Crippen molar-refractivity contribution < 1.29 is 14.3 Å². The van der Waals surface area contributed by atoms with Crippen LogP contribution in [0.2, 0.25) is 0 Å². The number of amides is 2. The Bertz CT molecular complexity index is 683. The lowest BCUT2D eigenvalue weighted by atomic mass is 10.1. The zero-order chi connectivity index (χ0) is 21.7. The maximum atomic E-state index is 12.1. The molecule has 0 saturated carbocycles. The summed E-state index contributed by atoms with van der Waals surface area (Å²) in [6, 6.07) is 7.51. The Morgan fingerprint density at radius 3 is 2.41 bits per heavy atom. The van der Waals surface area contributed by atoms with E-state index >= 15 is 0 Å². The number of carbonyl (C=O) groups excluding carboxylic acids is 2. The minimum absolute atomic E-state index is 0.0614. The van der Waals surface area contributed by atoms with Gasteiger partial charge in [0, 0.05) is 38.8 Å². The summed E-state index contributed by atoms with van der Waals surface area (Å²) >= 11 is 0. The number of rotatable bonds is 9.